The second kappa shape index (κ2) is 5.25. The summed E-state index contributed by atoms with van der Waals surface area (Å²) in [6.07, 6.45) is 2.94. The molecule has 1 aromatic heterocycles. The van der Waals surface area contributed by atoms with Gasteiger partial charge in [-0.1, -0.05) is 0 Å². The molecule has 0 aliphatic carbocycles. The fraction of sp³-hybridized carbons (Fsp3) is 0.467. The van der Waals surface area contributed by atoms with Crippen LogP contribution in [-0.4, -0.2) is 28.8 Å². The molecule has 2 N–H and O–H groups in total. The van der Waals surface area contributed by atoms with Gasteiger partial charge < -0.3 is 10.6 Å². The summed E-state index contributed by atoms with van der Waals surface area (Å²) in [7, 11) is 0. The molecule has 106 valence electrons. The summed E-state index contributed by atoms with van der Waals surface area (Å²) >= 11 is 0. The monoisotopic (exact) mass is 272 g/mol. The van der Waals surface area contributed by atoms with E-state index in [0.29, 0.717) is 6.04 Å². The Bertz CT molecular complexity index is 626. The molecule has 3 rings (SSSR count). The first-order chi connectivity index (χ1) is 9.63. The summed E-state index contributed by atoms with van der Waals surface area (Å²) in [6, 6.07) is 6.20. The second-order valence-electron chi connectivity index (χ2n) is 5.66. The number of nitrogens with one attached hydrogen (secondary N) is 2. The van der Waals surface area contributed by atoms with E-state index in [0.717, 1.165) is 36.1 Å². The standard InChI is InChI=1S/C15H20N4O/c1-10(2)19-9-12-7-13(3-4-14(12)18-19)17-15(20)11-5-6-16-8-11/h3-4,7,9-11,16H,5-6,8H2,1-2H3,(H,17,20)/t11-/m1/s1. The van der Waals surface area contributed by atoms with E-state index in [-0.39, 0.29) is 11.8 Å². The molecule has 1 saturated heterocycles. The Morgan fingerprint density at radius 1 is 1.50 bits per heavy atom. The first-order valence-corrected chi connectivity index (χ1v) is 7.14. The Labute approximate surface area is 118 Å². The number of benzene rings is 1. The number of anilines is 1. The lowest BCUT2D eigenvalue weighted by Crippen LogP contribution is -2.24. The zero-order valence-corrected chi connectivity index (χ0v) is 11.9. The normalized spacial score (nSPS) is 18.9. The van der Waals surface area contributed by atoms with E-state index >= 15 is 0 Å². The molecule has 5 heteroatoms. The summed E-state index contributed by atoms with van der Waals surface area (Å²) in [6.45, 7) is 5.90. The second-order valence-corrected chi connectivity index (χ2v) is 5.66. The van der Waals surface area contributed by atoms with Crippen LogP contribution in [0.25, 0.3) is 10.9 Å². The highest BCUT2D eigenvalue weighted by Crippen LogP contribution is 2.21. The van der Waals surface area contributed by atoms with Gasteiger partial charge in [-0.15, -0.1) is 0 Å². The Morgan fingerprint density at radius 2 is 2.35 bits per heavy atom. The van der Waals surface area contributed by atoms with Crippen LogP contribution in [0, 0.1) is 5.92 Å². The van der Waals surface area contributed by atoms with Crippen molar-refractivity contribution in [2.75, 3.05) is 18.4 Å². The molecule has 2 heterocycles. The third-order valence-electron chi connectivity index (χ3n) is 3.75. The minimum absolute atomic E-state index is 0.0871. The zero-order valence-electron chi connectivity index (χ0n) is 11.9. The molecule has 1 aromatic carbocycles. The highest BCUT2D eigenvalue weighted by atomic mass is 16.1. The van der Waals surface area contributed by atoms with E-state index in [9.17, 15) is 4.79 Å². The number of nitrogens with zero attached hydrogens (tertiary/aromatic N) is 2. The lowest BCUT2D eigenvalue weighted by Gasteiger charge is -2.09. The summed E-state index contributed by atoms with van der Waals surface area (Å²) in [5, 5.41) is 11.8. The average Bonchev–Trinajstić information content (AvgIpc) is 3.07. The summed E-state index contributed by atoms with van der Waals surface area (Å²) in [5.74, 6) is 0.190. The van der Waals surface area contributed by atoms with Crippen molar-refractivity contribution >= 4 is 22.5 Å². The number of aromatic nitrogens is 2. The fourth-order valence-corrected chi connectivity index (χ4v) is 2.51. The van der Waals surface area contributed by atoms with Crippen molar-refractivity contribution in [2.45, 2.75) is 26.3 Å². The van der Waals surface area contributed by atoms with E-state index < -0.39 is 0 Å². The van der Waals surface area contributed by atoms with Crippen molar-refractivity contribution in [3.8, 4) is 0 Å². The van der Waals surface area contributed by atoms with Crippen LogP contribution in [0.3, 0.4) is 0 Å². The van der Waals surface area contributed by atoms with Gasteiger partial charge in [-0.2, -0.15) is 5.10 Å². The van der Waals surface area contributed by atoms with Crippen LogP contribution in [0.1, 0.15) is 26.3 Å². The van der Waals surface area contributed by atoms with Crippen LogP contribution in [0.2, 0.25) is 0 Å². The molecule has 20 heavy (non-hydrogen) atoms. The van der Waals surface area contributed by atoms with E-state index in [1.165, 1.54) is 0 Å². The minimum atomic E-state index is 0.0871. The van der Waals surface area contributed by atoms with E-state index in [2.05, 4.69) is 29.6 Å². The van der Waals surface area contributed by atoms with Crippen LogP contribution in [0.15, 0.2) is 24.4 Å². The number of rotatable bonds is 3. The third-order valence-corrected chi connectivity index (χ3v) is 3.75. The number of amides is 1. The molecule has 1 atom stereocenters. The number of hydrogen-bond acceptors (Lipinski definition) is 3. The van der Waals surface area contributed by atoms with Crippen LogP contribution in [0.5, 0.6) is 0 Å². The predicted molar refractivity (Wildman–Crippen MR) is 79.7 cm³/mol. The Hall–Kier alpha value is -1.88. The highest BCUT2D eigenvalue weighted by Gasteiger charge is 2.22. The first kappa shape index (κ1) is 13.1. The SMILES string of the molecule is CC(C)n1cc2cc(NC(=O)[C@@H]3CCNC3)ccc2n1. The van der Waals surface area contributed by atoms with Crippen molar-refractivity contribution in [3.63, 3.8) is 0 Å². The van der Waals surface area contributed by atoms with Crippen LogP contribution < -0.4 is 10.6 Å². The van der Waals surface area contributed by atoms with Crippen molar-refractivity contribution < 1.29 is 4.79 Å². The topological polar surface area (TPSA) is 59.0 Å². The maximum atomic E-state index is 12.1. The quantitative estimate of drug-likeness (QED) is 0.900. The lowest BCUT2D eigenvalue weighted by atomic mass is 10.1. The van der Waals surface area contributed by atoms with Crippen molar-refractivity contribution in [1.29, 1.82) is 0 Å². The van der Waals surface area contributed by atoms with E-state index in [4.69, 9.17) is 0 Å². The van der Waals surface area contributed by atoms with Gasteiger partial charge in [-0.3, -0.25) is 9.48 Å². The molecule has 0 unspecified atom stereocenters. The van der Waals surface area contributed by atoms with Gasteiger partial charge in [0.25, 0.3) is 0 Å². The van der Waals surface area contributed by atoms with Crippen LogP contribution >= 0.6 is 0 Å². The third kappa shape index (κ3) is 2.54. The van der Waals surface area contributed by atoms with E-state index in [1.54, 1.807) is 0 Å². The molecule has 0 saturated carbocycles. The molecule has 5 nitrogen and oxygen atoms in total. The van der Waals surface area contributed by atoms with Gasteiger partial charge in [0.2, 0.25) is 5.91 Å². The molecule has 1 fully saturated rings. The first-order valence-electron chi connectivity index (χ1n) is 7.14. The molecule has 1 aliphatic heterocycles. The van der Waals surface area contributed by atoms with Gasteiger partial charge in [0.15, 0.2) is 0 Å². The van der Waals surface area contributed by atoms with Crippen LogP contribution in [-0.2, 0) is 4.79 Å². The van der Waals surface area contributed by atoms with Gasteiger partial charge in [0, 0.05) is 29.9 Å². The summed E-state index contributed by atoms with van der Waals surface area (Å²) < 4.78 is 1.94. The van der Waals surface area contributed by atoms with Gasteiger partial charge in [-0.25, -0.2) is 0 Å². The Kier molecular flexibility index (Phi) is 3.44. The number of hydrogen-bond donors (Lipinski definition) is 2. The summed E-state index contributed by atoms with van der Waals surface area (Å²) in [4.78, 5) is 12.1. The largest absolute Gasteiger partial charge is 0.326 e. The molecular weight excluding hydrogens is 252 g/mol. The van der Waals surface area contributed by atoms with Crippen molar-refractivity contribution in [3.05, 3.63) is 24.4 Å². The number of fused-ring (bicyclic) bond motifs is 1. The van der Waals surface area contributed by atoms with E-state index in [1.807, 2.05) is 29.1 Å². The molecule has 0 spiro atoms. The van der Waals surface area contributed by atoms with Gasteiger partial charge in [0.1, 0.15) is 0 Å². The molecule has 2 aromatic rings. The van der Waals surface area contributed by atoms with Gasteiger partial charge in [-0.05, 0) is 45.0 Å². The molecule has 0 bridgehead atoms. The van der Waals surface area contributed by atoms with Crippen LogP contribution in [0.4, 0.5) is 5.69 Å². The van der Waals surface area contributed by atoms with Gasteiger partial charge in [0.05, 0.1) is 11.4 Å². The summed E-state index contributed by atoms with van der Waals surface area (Å²) in [5.41, 5.74) is 1.80. The lowest BCUT2D eigenvalue weighted by molar-refractivity contribution is -0.119. The Balaban J connectivity index is 1.79. The predicted octanol–water partition coefficient (Wildman–Crippen LogP) is 2.17. The number of carbonyl (C=O) groups is 1. The zero-order chi connectivity index (χ0) is 14.1. The van der Waals surface area contributed by atoms with Crippen molar-refractivity contribution in [2.24, 2.45) is 5.92 Å². The average molecular weight is 272 g/mol. The smallest absolute Gasteiger partial charge is 0.228 e. The number of carbonyl (C=O) groups excluding carboxylic acids is 1. The molecule has 1 amide bonds. The molecule has 0 radical (unpaired) electrons. The van der Waals surface area contributed by atoms with Gasteiger partial charge >= 0.3 is 0 Å². The maximum Gasteiger partial charge on any atom is 0.228 e. The maximum absolute atomic E-state index is 12.1. The fourth-order valence-electron chi connectivity index (χ4n) is 2.51. The highest BCUT2D eigenvalue weighted by molar-refractivity contribution is 5.95. The minimum Gasteiger partial charge on any atom is -0.326 e. The molecular formula is C15H20N4O. The van der Waals surface area contributed by atoms with Crippen molar-refractivity contribution in [1.82, 2.24) is 15.1 Å². The molecule has 1 aliphatic rings. The Morgan fingerprint density at radius 3 is 3.05 bits per heavy atom.